The lowest BCUT2D eigenvalue weighted by Crippen LogP contribution is -2.66. The van der Waals surface area contributed by atoms with E-state index >= 15 is 0 Å². The Balaban J connectivity index is 1.48. The van der Waals surface area contributed by atoms with Crippen LogP contribution in [0.5, 0.6) is 0 Å². The number of morpholine rings is 1. The molecule has 5 atom stereocenters. The molecule has 0 aromatic heterocycles. The van der Waals surface area contributed by atoms with E-state index in [1.807, 2.05) is 30.3 Å². The fourth-order valence-corrected chi connectivity index (χ4v) is 5.20. The molecule has 1 spiro atoms. The molecule has 2 aromatic rings. The highest BCUT2D eigenvalue weighted by Gasteiger charge is 2.81. The highest BCUT2D eigenvalue weighted by Crippen LogP contribution is 2.58. The molecular formula is C22H16N2O6. The van der Waals surface area contributed by atoms with Crippen LogP contribution >= 0.6 is 0 Å². The molecule has 4 aliphatic rings. The molecule has 0 saturated carbocycles. The molecular weight excluding hydrogens is 388 g/mol. The van der Waals surface area contributed by atoms with Gasteiger partial charge in [0.15, 0.2) is 6.10 Å². The maximum absolute atomic E-state index is 13.4. The van der Waals surface area contributed by atoms with Crippen LogP contribution in [0.1, 0.15) is 11.6 Å². The first-order valence-corrected chi connectivity index (χ1v) is 9.72. The van der Waals surface area contributed by atoms with E-state index in [0.717, 1.165) is 10.5 Å². The zero-order valence-corrected chi connectivity index (χ0v) is 15.6. The van der Waals surface area contributed by atoms with E-state index in [1.165, 1.54) is 4.90 Å². The minimum absolute atomic E-state index is 0.0334. The van der Waals surface area contributed by atoms with Crippen molar-refractivity contribution in [2.24, 2.45) is 11.8 Å². The predicted octanol–water partition coefficient (Wildman–Crippen LogP) is 1.03. The van der Waals surface area contributed by atoms with Gasteiger partial charge < -0.3 is 9.47 Å². The van der Waals surface area contributed by atoms with Gasteiger partial charge in [0, 0.05) is 0 Å². The van der Waals surface area contributed by atoms with Gasteiger partial charge in [0.2, 0.25) is 11.8 Å². The smallest absolute Gasteiger partial charge is 0.361 e. The van der Waals surface area contributed by atoms with Crippen LogP contribution < -0.4 is 4.90 Å². The van der Waals surface area contributed by atoms with E-state index in [0.29, 0.717) is 5.69 Å². The second kappa shape index (κ2) is 5.76. The van der Waals surface area contributed by atoms with Gasteiger partial charge in [-0.3, -0.25) is 19.3 Å². The summed E-state index contributed by atoms with van der Waals surface area (Å²) < 4.78 is 11.3. The lowest BCUT2D eigenvalue weighted by molar-refractivity contribution is -0.211. The number of cyclic esters (lactones) is 1. The molecule has 4 aliphatic heterocycles. The number of benzene rings is 2. The van der Waals surface area contributed by atoms with Crippen molar-refractivity contribution in [1.82, 2.24) is 4.90 Å². The maximum Gasteiger partial charge on any atom is 0.361 e. The van der Waals surface area contributed by atoms with Gasteiger partial charge in [0.05, 0.1) is 17.6 Å². The average molecular weight is 404 g/mol. The fourth-order valence-electron chi connectivity index (χ4n) is 5.20. The number of piperidine rings is 1. The molecule has 6 rings (SSSR count). The molecule has 3 amide bonds. The quantitative estimate of drug-likeness (QED) is 0.548. The lowest BCUT2D eigenvalue weighted by Gasteiger charge is -2.46. The highest BCUT2D eigenvalue weighted by atomic mass is 16.6. The van der Waals surface area contributed by atoms with Crippen LogP contribution in [0.15, 0.2) is 60.7 Å². The third-order valence-corrected chi connectivity index (χ3v) is 6.42. The second-order valence-corrected chi connectivity index (χ2v) is 7.82. The van der Waals surface area contributed by atoms with Gasteiger partial charge in [-0.25, -0.2) is 9.69 Å². The van der Waals surface area contributed by atoms with Crippen LogP contribution in [0.25, 0.3) is 0 Å². The number of imide groups is 1. The van der Waals surface area contributed by atoms with E-state index in [9.17, 15) is 19.2 Å². The van der Waals surface area contributed by atoms with Crippen LogP contribution in [-0.2, 0) is 28.7 Å². The first-order chi connectivity index (χ1) is 14.6. The summed E-state index contributed by atoms with van der Waals surface area (Å²) in [6, 6.07) is 17.0. The van der Waals surface area contributed by atoms with Gasteiger partial charge in [-0.15, -0.1) is 0 Å². The number of carbonyl (C=O) groups is 4. The van der Waals surface area contributed by atoms with Gasteiger partial charge in [0.25, 0.3) is 11.6 Å². The number of rotatable bonds is 2. The Hall–Kier alpha value is -3.52. The third-order valence-electron chi connectivity index (χ3n) is 6.42. The normalized spacial score (nSPS) is 34.3. The van der Waals surface area contributed by atoms with Gasteiger partial charge in [-0.1, -0.05) is 48.5 Å². The summed E-state index contributed by atoms with van der Waals surface area (Å²) in [5.74, 6) is -4.51. The summed E-state index contributed by atoms with van der Waals surface area (Å²) in [6.45, 7) is -0.0334. The Morgan fingerprint density at radius 1 is 0.833 bits per heavy atom. The van der Waals surface area contributed by atoms with Crippen molar-refractivity contribution in [2.75, 3.05) is 11.5 Å². The third kappa shape index (κ3) is 1.89. The molecule has 0 radical (unpaired) electrons. The average Bonchev–Trinajstić information content (AvgIpc) is 3.36. The number of amides is 3. The maximum atomic E-state index is 13.4. The molecule has 8 heteroatoms. The Bertz CT molecular complexity index is 1100. The summed E-state index contributed by atoms with van der Waals surface area (Å²) in [6.07, 6.45) is -1.18. The molecule has 4 fully saturated rings. The minimum atomic E-state index is -1.92. The number of hydrogen-bond donors (Lipinski definition) is 0. The van der Waals surface area contributed by atoms with Crippen LogP contribution in [0.3, 0.4) is 0 Å². The molecule has 2 aromatic carbocycles. The first-order valence-electron chi connectivity index (χ1n) is 9.72. The Morgan fingerprint density at radius 2 is 1.50 bits per heavy atom. The van der Waals surface area contributed by atoms with Crippen molar-refractivity contribution in [2.45, 2.75) is 17.9 Å². The Morgan fingerprint density at radius 3 is 2.20 bits per heavy atom. The second-order valence-electron chi connectivity index (χ2n) is 7.82. The van der Waals surface area contributed by atoms with Crippen LogP contribution in [-0.4, -0.2) is 47.0 Å². The van der Waals surface area contributed by atoms with Gasteiger partial charge in [0.1, 0.15) is 12.5 Å². The first kappa shape index (κ1) is 17.3. The summed E-state index contributed by atoms with van der Waals surface area (Å²) >= 11 is 0. The van der Waals surface area contributed by atoms with Crippen molar-refractivity contribution in [3.05, 3.63) is 66.2 Å². The number of para-hydroxylation sites is 1. The van der Waals surface area contributed by atoms with Crippen molar-refractivity contribution >= 4 is 29.4 Å². The summed E-state index contributed by atoms with van der Waals surface area (Å²) in [4.78, 5) is 55.2. The van der Waals surface area contributed by atoms with E-state index in [4.69, 9.17) is 9.47 Å². The van der Waals surface area contributed by atoms with Crippen molar-refractivity contribution < 1.29 is 28.7 Å². The summed E-state index contributed by atoms with van der Waals surface area (Å²) in [5, 5.41) is 0. The fraction of sp³-hybridized carbons (Fsp3) is 0.273. The Labute approximate surface area is 171 Å². The van der Waals surface area contributed by atoms with Crippen LogP contribution in [0, 0.1) is 11.8 Å². The molecule has 0 N–H and O–H groups in total. The molecule has 150 valence electrons. The number of hydrogen-bond acceptors (Lipinski definition) is 6. The van der Waals surface area contributed by atoms with Gasteiger partial charge >= 0.3 is 5.97 Å². The zero-order chi connectivity index (χ0) is 20.6. The summed E-state index contributed by atoms with van der Waals surface area (Å²) in [7, 11) is 0. The molecule has 4 heterocycles. The number of fused-ring (bicyclic) bond motifs is 3. The largest absolute Gasteiger partial charge is 0.460 e. The summed E-state index contributed by atoms with van der Waals surface area (Å²) in [5.41, 5.74) is -0.746. The number of nitrogens with zero attached hydrogens (tertiary/aromatic N) is 2. The van der Waals surface area contributed by atoms with Crippen LogP contribution in [0.2, 0.25) is 0 Å². The van der Waals surface area contributed by atoms with E-state index < -0.39 is 53.4 Å². The predicted molar refractivity (Wildman–Crippen MR) is 101 cm³/mol. The molecule has 8 nitrogen and oxygen atoms in total. The van der Waals surface area contributed by atoms with Crippen molar-refractivity contribution in [1.29, 1.82) is 0 Å². The topological polar surface area (TPSA) is 93.2 Å². The molecule has 0 aliphatic carbocycles. The lowest BCUT2D eigenvalue weighted by atomic mass is 9.78. The zero-order valence-electron chi connectivity index (χ0n) is 15.6. The van der Waals surface area contributed by atoms with Gasteiger partial charge in [-0.2, -0.15) is 0 Å². The van der Waals surface area contributed by atoms with Crippen molar-refractivity contribution in [3.63, 3.8) is 0 Å². The van der Waals surface area contributed by atoms with E-state index in [1.54, 1.807) is 30.3 Å². The number of ether oxygens (including phenoxy) is 2. The van der Waals surface area contributed by atoms with Crippen LogP contribution in [0.4, 0.5) is 5.69 Å². The van der Waals surface area contributed by atoms with Crippen molar-refractivity contribution in [3.8, 4) is 0 Å². The number of carbonyl (C=O) groups excluding carboxylic acids is 4. The SMILES string of the molecule is O=C1[C@H]2[C@@H](C(=O)N1c1ccccc1)[C@]13O[C@H]2C(=O)N1[C@@H](c1ccccc1)COC3=O. The standard InChI is InChI=1S/C22H16N2O6/c25-18-15-16(19(26)23(18)13-9-5-2-6-10-13)22-21(28)29-11-14(12-7-3-1-4-8-12)24(22)20(27)17(15)30-22/h1-10,14-17H,11H2/t14-,15+,16+,17-,22-/m1/s1. The molecule has 30 heavy (non-hydrogen) atoms. The van der Waals surface area contributed by atoms with Gasteiger partial charge in [-0.05, 0) is 17.7 Å². The number of anilines is 1. The molecule has 0 unspecified atom stereocenters. The molecule has 2 bridgehead atoms. The number of esters is 1. The molecule has 4 saturated heterocycles. The monoisotopic (exact) mass is 404 g/mol. The Kier molecular flexibility index (Phi) is 3.33. The highest BCUT2D eigenvalue weighted by molar-refractivity contribution is 6.26. The minimum Gasteiger partial charge on any atom is -0.460 e. The van der Waals surface area contributed by atoms with E-state index in [-0.39, 0.29) is 6.61 Å². The van der Waals surface area contributed by atoms with E-state index in [2.05, 4.69) is 0 Å².